The van der Waals surface area contributed by atoms with Crippen molar-refractivity contribution in [3.8, 4) is 68.2 Å². The number of nitrogens with zero attached hydrogens (tertiary/aromatic N) is 2. The van der Waals surface area contributed by atoms with Crippen molar-refractivity contribution in [3.05, 3.63) is 223 Å². The predicted molar refractivity (Wildman–Crippen MR) is 511 cm³/mol. The van der Waals surface area contributed by atoms with Crippen LogP contribution in [-0.4, -0.2) is 56.6 Å². The van der Waals surface area contributed by atoms with Crippen LogP contribution in [0.15, 0.2) is 170 Å². The zero-order chi connectivity index (χ0) is 87.7. The summed E-state index contributed by atoms with van der Waals surface area (Å²) in [7, 11) is 3.26. The van der Waals surface area contributed by atoms with Gasteiger partial charge in [0.05, 0.1) is 50.5 Å². The maximum atomic E-state index is 15.5. The molecular weight excluding hydrogens is 1550 g/mol. The second-order valence-corrected chi connectivity index (χ2v) is 34.3. The first kappa shape index (κ1) is 100. The van der Waals surface area contributed by atoms with Crippen LogP contribution in [0, 0.1) is 20.2 Å². The summed E-state index contributed by atoms with van der Waals surface area (Å²) in [5.41, 5.74) is 6.28. The first-order chi connectivity index (χ1) is 60.9. The molecule has 0 radical (unpaired) electrons. The lowest BCUT2D eigenvalue weighted by Gasteiger charge is -2.26. The number of carbonyl (C=O) groups excluding carboxylic acids is 1. The van der Waals surface area contributed by atoms with Crippen molar-refractivity contribution in [2.45, 2.75) is 348 Å². The van der Waals surface area contributed by atoms with Crippen LogP contribution in [0.4, 0.5) is 16.2 Å². The van der Waals surface area contributed by atoms with Crippen molar-refractivity contribution >= 4 is 17.5 Å². The number of unbranched alkanes of at least 4 members (excludes halogenated alkanes) is 44. The van der Waals surface area contributed by atoms with E-state index in [1.54, 1.807) is 14.2 Å². The Labute approximate surface area is 745 Å². The normalized spacial score (nSPS) is 11.8. The first-order valence-electron chi connectivity index (χ1n) is 48.7. The van der Waals surface area contributed by atoms with Gasteiger partial charge in [-0.2, -0.15) is 0 Å². The zero-order valence-electron chi connectivity index (χ0n) is 76.8. The number of hydrogen-bond acceptors (Lipinski definition) is 13. The summed E-state index contributed by atoms with van der Waals surface area (Å²) in [6, 6.07) is 51.6. The van der Waals surface area contributed by atoms with Gasteiger partial charge >= 0.3 is 6.16 Å². The Balaban J connectivity index is 1.13. The van der Waals surface area contributed by atoms with Gasteiger partial charge in [0.15, 0.2) is 0 Å². The number of rotatable bonds is 70. The average Bonchev–Trinajstić information content (AvgIpc) is 0.769. The van der Waals surface area contributed by atoms with E-state index >= 15 is 4.79 Å². The Bertz CT molecular complexity index is 3950. The van der Waals surface area contributed by atoms with Crippen molar-refractivity contribution in [1.82, 2.24) is 0 Å². The van der Waals surface area contributed by atoms with Gasteiger partial charge in [-0.1, -0.05) is 371 Å². The van der Waals surface area contributed by atoms with E-state index in [1.165, 1.54) is 268 Å². The van der Waals surface area contributed by atoms with E-state index in [9.17, 15) is 20.2 Å². The highest BCUT2D eigenvalue weighted by molar-refractivity contribution is 5.77. The van der Waals surface area contributed by atoms with Gasteiger partial charge in [0, 0.05) is 47.2 Å². The van der Waals surface area contributed by atoms with Crippen molar-refractivity contribution in [2.24, 2.45) is 0 Å². The molecular formula is C109H152N2O13. The molecule has 124 heavy (non-hydrogen) atoms. The van der Waals surface area contributed by atoms with Crippen LogP contribution in [0.3, 0.4) is 0 Å². The molecule has 0 aliphatic heterocycles. The minimum atomic E-state index is -1.18. The SMILES string of the molecule is CCCCCCCCCCCCCCOc1ccc(C(c2cc([N+](=O)[O-])ccc2OC(=O)Oc2ccc([N+](=O)[O-])cc2C(c2ccc(OCCCCCCCCCCCCCC)cc2)c2ccc(OCCCCCCCCCCCCCC)cc2-c2ccc(OC)cc2)c2ccc(OCCCCCCCCCCCCCC)cc2-c2ccc(OC)cc2)cc1. The summed E-state index contributed by atoms with van der Waals surface area (Å²) >= 11 is 0. The molecule has 2 unspecified atom stereocenters. The summed E-state index contributed by atoms with van der Waals surface area (Å²) in [5, 5.41) is 26.5. The number of hydrogen-bond donors (Lipinski definition) is 0. The molecule has 15 heteroatoms. The van der Waals surface area contributed by atoms with Crippen molar-refractivity contribution in [2.75, 3.05) is 40.6 Å². The molecule has 676 valence electrons. The lowest BCUT2D eigenvalue weighted by molar-refractivity contribution is -0.385. The molecule has 0 saturated carbocycles. The summed E-state index contributed by atoms with van der Waals surface area (Å²) in [4.78, 5) is 41.0. The Hall–Kier alpha value is -9.37. The van der Waals surface area contributed by atoms with Crippen LogP contribution < -0.4 is 37.9 Å². The number of nitro benzene ring substituents is 2. The van der Waals surface area contributed by atoms with Crippen LogP contribution in [0.25, 0.3) is 22.3 Å². The van der Waals surface area contributed by atoms with Gasteiger partial charge in [-0.3, -0.25) is 20.2 Å². The molecule has 0 aromatic heterocycles. The molecule has 8 aromatic rings. The Morgan fingerprint density at radius 1 is 0.266 bits per heavy atom. The van der Waals surface area contributed by atoms with E-state index in [2.05, 4.69) is 27.7 Å². The van der Waals surface area contributed by atoms with Gasteiger partial charge in [-0.25, -0.2) is 4.79 Å². The third-order valence-electron chi connectivity index (χ3n) is 24.4. The molecule has 0 bridgehead atoms. The van der Waals surface area contributed by atoms with E-state index in [4.69, 9.17) is 37.9 Å². The fourth-order valence-electron chi connectivity index (χ4n) is 17.0. The van der Waals surface area contributed by atoms with Gasteiger partial charge in [0.2, 0.25) is 0 Å². The van der Waals surface area contributed by atoms with E-state index < -0.39 is 27.8 Å². The minimum absolute atomic E-state index is 0.0131. The maximum absolute atomic E-state index is 15.5. The molecule has 15 nitrogen and oxygen atoms in total. The summed E-state index contributed by atoms with van der Waals surface area (Å²) in [5.74, 6) is 2.32. The number of non-ortho nitro benzene ring substituents is 2. The molecule has 8 rings (SSSR count). The molecule has 0 amide bonds. The second kappa shape index (κ2) is 61.1. The standard InChI is InChI=1S/C109H152N2O13/c1-7-11-15-19-23-27-31-35-39-43-47-51-79-119-95-69-59-89(60-70-95)107(99-75-73-97(85-101(99)87-55-65-93(117-5)66-56-87)121-81-53-49-45-41-37-33-29-25-21-17-13-9-3)103-83-91(110(113)114)63-77-105(103)123-109(112)124-106-78-64-92(111(115)116)84-104(106)108(90-61-71-96(72-62-90)120-80-52-48-44-40-36-32-28-24-20-16-12-8-2)100-76-74-98(86-102(100)88-57-67-94(118-6)68-58-88)122-82-54-50-46-42-38-34-30-26-22-18-14-10-4/h55-78,83-86,107-108H,7-54,79-82H2,1-6H3. The number of methoxy groups -OCH3 is 2. The molecule has 8 aromatic carbocycles. The number of nitro groups is 2. The lowest BCUT2D eigenvalue weighted by atomic mass is 9.80. The van der Waals surface area contributed by atoms with Crippen LogP contribution in [0.1, 0.15) is 381 Å². The van der Waals surface area contributed by atoms with E-state index in [0.29, 0.717) is 72.1 Å². The van der Waals surface area contributed by atoms with Gasteiger partial charge in [0.1, 0.15) is 46.0 Å². The van der Waals surface area contributed by atoms with E-state index in [1.807, 2.05) is 133 Å². The fourth-order valence-corrected chi connectivity index (χ4v) is 17.0. The average molecular weight is 1700 g/mol. The molecule has 0 saturated heterocycles. The second-order valence-electron chi connectivity index (χ2n) is 34.3. The van der Waals surface area contributed by atoms with Gasteiger partial charge < -0.3 is 37.9 Å². The molecule has 0 fully saturated rings. The van der Waals surface area contributed by atoms with Gasteiger partial charge in [-0.15, -0.1) is 0 Å². The van der Waals surface area contributed by atoms with Gasteiger partial charge in [0.25, 0.3) is 11.4 Å². The lowest BCUT2D eigenvalue weighted by Crippen LogP contribution is -2.18. The largest absolute Gasteiger partial charge is 0.519 e. The van der Waals surface area contributed by atoms with E-state index in [0.717, 1.165) is 122 Å². The molecule has 0 N–H and O–H groups in total. The quantitative estimate of drug-likeness (QED) is 0.00879. The Kier molecular flexibility index (Phi) is 49.3. The molecule has 0 spiro atoms. The highest BCUT2D eigenvalue weighted by atomic mass is 16.7. The maximum Gasteiger partial charge on any atom is 0.519 e. The van der Waals surface area contributed by atoms with Crippen LogP contribution >= 0.6 is 0 Å². The molecule has 0 aliphatic rings. The number of carbonyl (C=O) groups is 1. The molecule has 0 heterocycles. The molecule has 2 atom stereocenters. The smallest absolute Gasteiger partial charge is 0.497 e. The zero-order valence-corrected chi connectivity index (χ0v) is 76.8. The van der Waals surface area contributed by atoms with E-state index in [-0.39, 0.29) is 22.9 Å². The third-order valence-corrected chi connectivity index (χ3v) is 24.4. The minimum Gasteiger partial charge on any atom is -0.497 e. The van der Waals surface area contributed by atoms with Crippen molar-refractivity contribution in [3.63, 3.8) is 0 Å². The van der Waals surface area contributed by atoms with Crippen LogP contribution in [0.5, 0.6) is 46.0 Å². The summed E-state index contributed by atoms with van der Waals surface area (Å²) in [6.45, 7) is 11.2. The number of benzene rings is 8. The van der Waals surface area contributed by atoms with Crippen molar-refractivity contribution < 1.29 is 52.5 Å². The number of ether oxygens (including phenoxy) is 8. The molecule has 0 aliphatic carbocycles. The predicted octanol–water partition coefficient (Wildman–Crippen LogP) is 33.1. The van der Waals surface area contributed by atoms with Crippen LogP contribution in [-0.2, 0) is 0 Å². The van der Waals surface area contributed by atoms with Gasteiger partial charge in [-0.05, 0) is 155 Å². The third kappa shape index (κ3) is 37.1. The summed E-state index contributed by atoms with van der Waals surface area (Å²) < 4.78 is 50.6. The fraction of sp³-hybridized carbons (Fsp3) is 0.550. The summed E-state index contributed by atoms with van der Waals surface area (Å²) in [6.07, 6.45) is 58.0. The topological polar surface area (TPSA) is 177 Å². The van der Waals surface area contributed by atoms with Crippen molar-refractivity contribution in [1.29, 1.82) is 0 Å². The van der Waals surface area contributed by atoms with Crippen LogP contribution in [0.2, 0.25) is 0 Å². The first-order valence-corrected chi connectivity index (χ1v) is 48.7. The Morgan fingerprint density at radius 3 is 0.750 bits per heavy atom. The highest BCUT2D eigenvalue weighted by Gasteiger charge is 2.32. The monoisotopic (exact) mass is 1700 g/mol. The Morgan fingerprint density at radius 2 is 0.500 bits per heavy atom. The highest BCUT2D eigenvalue weighted by Crippen LogP contribution is 2.48.